The molecule has 19 heavy (non-hydrogen) atoms. The number of hydrogen-bond acceptors (Lipinski definition) is 4. The van der Waals surface area contributed by atoms with Gasteiger partial charge in [0.05, 0.1) is 17.6 Å². The maximum Gasteiger partial charge on any atom is 0.0572 e. The van der Waals surface area contributed by atoms with E-state index in [9.17, 15) is 0 Å². The zero-order chi connectivity index (χ0) is 13.2. The van der Waals surface area contributed by atoms with E-state index in [1.54, 1.807) is 0 Å². The van der Waals surface area contributed by atoms with E-state index in [0.717, 1.165) is 31.2 Å². The van der Waals surface area contributed by atoms with Crippen LogP contribution in [0.5, 0.6) is 0 Å². The Morgan fingerprint density at radius 2 is 2.26 bits per heavy atom. The zero-order valence-corrected chi connectivity index (χ0v) is 11.8. The van der Waals surface area contributed by atoms with Gasteiger partial charge in [0.2, 0.25) is 0 Å². The Morgan fingerprint density at radius 1 is 1.37 bits per heavy atom. The molecule has 0 saturated carbocycles. The summed E-state index contributed by atoms with van der Waals surface area (Å²) in [6, 6.07) is 5.10. The molecule has 1 aromatic rings. The van der Waals surface area contributed by atoms with Crippen LogP contribution in [0.3, 0.4) is 0 Å². The second-order valence-corrected chi connectivity index (χ2v) is 5.73. The van der Waals surface area contributed by atoms with Gasteiger partial charge in [0.1, 0.15) is 0 Å². The molecule has 2 aliphatic rings. The topological polar surface area (TPSA) is 45.4 Å². The second kappa shape index (κ2) is 5.47. The number of pyridine rings is 1. The van der Waals surface area contributed by atoms with Crippen LogP contribution in [0.25, 0.3) is 0 Å². The molecule has 2 atom stereocenters. The van der Waals surface area contributed by atoms with Crippen LogP contribution in [0, 0.1) is 0 Å². The Bertz CT molecular complexity index is 417. The minimum absolute atomic E-state index is 0.0701. The largest absolute Gasteiger partial charge is 0.367 e. The molecule has 0 amide bonds. The van der Waals surface area contributed by atoms with Gasteiger partial charge in [-0.25, -0.2) is 0 Å². The van der Waals surface area contributed by atoms with Gasteiger partial charge in [0.15, 0.2) is 0 Å². The van der Waals surface area contributed by atoms with E-state index >= 15 is 0 Å². The number of nitrogens with two attached hydrogens (primary N) is 1. The molecule has 3 heterocycles. The molecule has 0 aromatic carbocycles. The van der Waals surface area contributed by atoms with Crippen molar-refractivity contribution in [3.63, 3.8) is 0 Å². The molecule has 104 valence electrons. The Morgan fingerprint density at radius 3 is 3.00 bits per heavy atom. The number of anilines is 1. The van der Waals surface area contributed by atoms with Crippen molar-refractivity contribution in [1.29, 1.82) is 0 Å². The van der Waals surface area contributed by atoms with Crippen LogP contribution >= 0.6 is 0 Å². The zero-order valence-electron chi connectivity index (χ0n) is 11.8. The Kier molecular flexibility index (Phi) is 3.71. The van der Waals surface area contributed by atoms with Crippen molar-refractivity contribution in [2.24, 2.45) is 5.73 Å². The molecule has 2 unspecified atom stereocenters. The van der Waals surface area contributed by atoms with E-state index in [4.69, 9.17) is 5.73 Å². The number of fused-ring (bicyclic) bond motifs is 1. The van der Waals surface area contributed by atoms with Gasteiger partial charge in [0.25, 0.3) is 0 Å². The maximum atomic E-state index is 6.01. The highest BCUT2D eigenvalue weighted by atomic mass is 15.3. The lowest BCUT2D eigenvalue weighted by atomic mass is 10.1. The van der Waals surface area contributed by atoms with Gasteiger partial charge in [-0.2, -0.15) is 0 Å². The fourth-order valence-corrected chi connectivity index (χ4v) is 3.24. The highest BCUT2D eigenvalue weighted by molar-refractivity contribution is 5.45. The SMILES string of the molecule is CCC(N)c1ccc(N2CCN3CCCC3C2)cn1. The number of piperazine rings is 1. The van der Waals surface area contributed by atoms with Crippen LogP contribution in [-0.4, -0.2) is 42.1 Å². The second-order valence-electron chi connectivity index (χ2n) is 5.73. The predicted octanol–water partition coefficient (Wildman–Crippen LogP) is 1.78. The minimum atomic E-state index is 0.0701. The van der Waals surface area contributed by atoms with E-state index < -0.39 is 0 Å². The maximum absolute atomic E-state index is 6.01. The molecule has 2 N–H and O–H groups in total. The molecule has 0 spiro atoms. The third kappa shape index (κ3) is 2.60. The molecule has 0 bridgehead atoms. The average molecular weight is 260 g/mol. The van der Waals surface area contributed by atoms with Gasteiger partial charge in [-0.05, 0) is 37.9 Å². The van der Waals surface area contributed by atoms with E-state index in [1.165, 1.54) is 31.6 Å². The van der Waals surface area contributed by atoms with Crippen molar-refractivity contribution in [2.45, 2.75) is 38.3 Å². The smallest absolute Gasteiger partial charge is 0.0572 e. The van der Waals surface area contributed by atoms with Gasteiger partial charge in [-0.15, -0.1) is 0 Å². The standard InChI is InChI=1S/C15H24N4/c1-2-14(16)15-6-5-12(10-17-15)19-9-8-18-7-3-4-13(18)11-19/h5-6,10,13-14H,2-4,7-9,11,16H2,1H3. The summed E-state index contributed by atoms with van der Waals surface area (Å²) in [5, 5.41) is 0. The van der Waals surface area contributed by atoms with E-state index in [-0.39, 0.29) is 6.04 Å². The van der Waals surface area contributed by atoms with E-state index in [0.29, 0.717) is 0 Å². The molecule has 0 aliphatic carbocycles. The Balaban J connectivity index is 1.69. The van der Waals surface area contributed by atoms with Crippen molar-refractivity contribution in [3.05, 3.63) is 24.0 Å². The minimum Gasteiger partial charge on any atom is -0.367 e. The predicted molar refractivity (Wildman–Crippen MR) is 78.3 cm³/mol. The van der Waals surface area contributed by atoms with Crippen LogP contribution in [0.15, 0.2) is 18.3 Å². The van der Waals surface area contributed by atoms with Crippen molar-refractivity contribution in [1.82, 2.24) is 9.88 Å². The summed E-state index contributed by atoms with van der Waals surface area (Å²) in [7, 11) is 0. The summed E-state index contributed by atoms with van der Waals surface area (Å²) in [6.45, 7) is 6.86. The van der Waals surface area contributed by atoms with Crippen molar-refractivity contribution in [3.8, 4) is 0 Å². The van der Waals surface area contributed by atoms with Crippen LogP contribution in [-0.2, 0) is 0 Å². The van der Waals surface area contributed by atoms with Crippen LogP contribution in [0.1, 0.15) is 37.9 Å². The van der Waals surface area contributed by atoms with Gasteiger partial charge in [-0.3, -0.25) is 9.88 Å². The molecular formula is C15H24N4. The number of aromatic nitrogens is 1. The molecule has 2 fully saturated rings. The van der Waals surface area contributed by atoms with Crippen molar-refractivity contribution < 1.29 is 0 Å². The molecular weight excluding hydrogens is 236 g/mol. The lowest BCUT2D eigenvalue weighted by Crippen LogP contribution is -2.50. The lowest BCUT2D eigenvalue weighted by Gasteiger charge is -2.38. The highest BCUT2D eigenvalue weighted by Crippen LogP contribution is 2.25. The summed E-state index contributed by atoms with van der Waals surface area (Å²) < 4.78 is 0. The first-order valence-corrected chi connectivity index (χ1v) is 7.48. The molecule has 4 nitrogen and oxygen atoms in total. The third-order valence-electron chi connectivity index (χ3n) is 4.54. The summed E-state index contributed by atoms with van der Waals surface area (Å²) in [5.74, 6) is 0. The van der Waals surface area contributed by atoms with Gasteiger partial charge >= 0.3 is 0 Å². The molecule has 0 radical (unpaired) electrons. The summed E-state index contributed by atoms with van der Waals surface area (Å²) >= 11 is 0. The highest BCUT2D eigenvalue weighted by Gasteiger charge is 2.30. The fraction of sp³-hybridized carbons (Fsp3) is 0.667. The van der Waals surface area contributed by atoms with Gasteiger partial charge in [0, 0.05) is 31.7 Å². The number of rotatable bonds is 3. The van der Waals surface area contributed by atoms with Gasteiger partial charge in [-0.1, -0.05) is 6.92 Å². The van der Waals surface area contributed by atoms with E-state index in [1.807, 2.05) is 6.20 Å². The Labute approximate surface area is 115 Å². The molecule has 3 rings (SSSR count). The summed E-state index contributed by atoms with van der Waals surface area (Å²) in [5.41, 5.74) is 8.26. The first-order valence-electron chi connectivity index (χ1n) is 7.48. The lowest BCUT2D eigenvalue weighted by molar-refractivity contribution is 0.231. The molecule has 4 heteroatoms. The normalized spacial score (nSPS) is 25.4. The molecule has 2 saturated heterocycles. The average Bonchev–Trinajstić information content (AvgIpc) is 2.94. The fourth-order valence-electron chi connectivity index (χ4n) is 3.24. The third-order valence-corrected chi connectivity index (χ3v) is 4.54. The van der Waals surface area contributed by atoms with Crippen molar-refractivity contribution in [2.75, 3.05) is 31.1 Å². The quantitative estimate of drug-likeness (QED) is 0.900. The van der Waals surface area contributed by atoms with Crippen LogP contribution < -0.4 is 10.6 Å². The number of hydrogen-bond donors (Lipinski definition) is 1. The monoisotopic (exact) mass is 260 g/mol. The first-order chi connectivity index (χ1) is 9.28. The van der Waals surface area contributed by atoms with Crippen LogP contribution in [0.2, 0.25) is 0 Å². The molecule has 2 aliphatic heterocycles. The number of nitrogens with zero attached hydrogens (tertiary/aromatic N) is 3. The van der Waals surface area contributed by atoms with Crippen LogP contribution in [0.4, 0.5) is 5.69 Å². The molecule has 1 aromatic heterocycles. The van der Waals surface area contributed by atoms with Crippen molar-refractivity contribution >= 4 is 5.69 Å². The summed E-state index contributed by atoms with van der Waals surface area (Å²) in [6.07, 6.45) is 5.65. The Hall–Kier alpha value is -1.13. The van der Waals surface area contributed by atoms with E-state index in [2.05, 4.69) is 33.8 Å². The van der Waals surface area contributed by atoms with Gasteiger partial charge < -0.3 is 10.6 Å². The summed E-state index contributed by atoms with van der Waals surface area (Å²) in [4.78, 5) is 9.63. The first kappa shape index (κ1) is 12.9.